The fourth-order valence-electron chi connectivity index (χ4n) is 4.83. The molecule has 2 saturated heterocycles. The van der Waals surface area contributed by atoms with Crippen LogP contribution in [-0.2, 0) is 11.3 Å². The van der Waals surface area contributed by atoms with Gasteiger partial charge in [-0.2, -0.15) is 0 Å². The number of ether oxygens (including phenoxy) is 1. The highest BCUT2D eigenvalue weighted by atomic mass is 16.5. The zero-order chi connectivity index (χ0) is 24.9. The van der Waals surface area contributed by atoms with Gasteiger partial charge in [-0.1, -0.05) is 18.2 Å². The second-order valence-electron chi connectivity index (χ2n) is 9.42. The lowest BCUT2D eigenvalue weighted by Crippen LogP contribution is -2.43. The van der Waals surface area contributed by atoms with Crippen molar-refractivity contribution in [3.05, 3.63) is 66.1 Å². The lowest BCUT2D eigenvalue weighted by molar-refractivity contribution is 0.0342. The molecule has 0 bridgehead atoms. The Labute approximate surface area is 211 Å². The van der Waals surface area contributed by atoms with Crippen LogP contribution in [-0.4, -0.2) is 66.2 Å². The van der Waals surface area contributed by atoms with Gasteiger partial charge in [-0.25, -0.2) is 4.98 Å². The van der Waals surface area contributed by atoms with Gasteiger partial charge in [-0.05, 0) is 42.7 Å². The van der Waals surface area contributed by atoms with Gasteiger partial charge in [-0.15, -0.1) is 0 Å². The normalized spacial score (nSPS) is 18.7. The molecule has 2 aliphatic rings. The van der Waals surface area contributed by atoms with Crippen LogP contribution < -0.4 is 21.7 Å². The maximum Gasteiger partial charge on any atom is 0.276 e. The topological polar surface area (TPSA) is 123 Å². The molecule has 9 heteroatoms. The van der Waals surface area contributed by atoms with Gasteiger partial charge in [-0.3, -0.25) is 14.7 Å². The van der Waals surface area contributed by atoms with E-state index in [1.54, 1.807) is 18.5 Å². The van der Waals surface area contributed by atoms with Crippen LogP contribution in [0.3, 0.4) is 0 Å². The average Bonchev–Trinajstić information content (AvgIpc) is 2.90. The first kappa shape index (κ1) is 24.2. The number of hydrogen-bond donors (Lipinski definition) is 3. The Morgan fingerprint density at radius 1 is 1.14 bits per heavy atom. The second kappa shape index (κ2) is 11.0. The van der Waals surface area contributed by atoms with Crippen LogP contribution in [0.1, 0.15) is 28.9 Å². The maximum atomic E-state index is 13.3. The zero-order valence-corrected chi connectivity index (χ0v) is 20.4. The summed E-state index contributed by atoms with van der Waals surface area (Å²) >= 11 is 0. The standard InChI is InChI=1S/C27H33N7O2/c28-21-5-2-10-34(18-21)25-8-9-30-16-24(25)32-27(35)26-22(29)6-7-23(31-26)20-4-1-3-19(15-20)17-33-11-13-36-14-12-33/h1,3-4,6-9,15-16,21H,2,5,10-14,17-18,28-29H2,(H,32,35)/t21-/m0/s1. The molecule has 5 rings (SSSR count). The van der Waals surface area contributed by atoms with Crippen LogP contribution in [0.25, 0.3) is 11.3 Å². The van der Waals surface area contributed by atoms with Crippen molar-refractivity contribution in [2.45, 2.75) is 25.4 Å². The van der Waals surface area contributed by atoms with Gasteiger partial charge in [0.1, 0.15) is 0 Å². The second-order valence-corrected chi connectivity index (χ2v) is 9.42. The van der Waals surface area contributed by atoms with Crippen molar-refractivity contribution in [2.75, 3.05) is 55.3 Å². The van der Waals surface area contributed by atoms with Crippen molar-refractivity contribution in [3.63, 3.8) is 0 Å². The number of hydrogen-bond acceptors (Lipinski definition) is 8. The number of rotatable bonds is 6. The molecule has 3 aromatic rings. The van der Waals surface area contributed by atoms with Crippen LogP contribution in [0.4, 0.5) is 17.1 Å². The molecule has 0 unspecified atom stereocenters. The number of nitrogens with zero attached hydrogens (tertiary/aromatic N) is 4. The Hall–Kier alpha value is -3.53. The van der Waals surface area contributed by atoms with E-state index in [0.29, 0.717) is 17.1 Å². The maximum absolute atomic E-state index is 13.3. The molecular formula is C27H33N7O2. The molecule has 2 fully saturated rings. The highest BCUT2D eigenvalue weighted by Crippen LogP contribution is 2.29. The van der Waals surface area contributed by atoms with Gasteiger partial charge in [0.2, 0.25) is 0 Å². The first-order valence-electron chi connectivity index (χ1n) is 12.5. The molecule has 9 nitrogen and oxygen atoms in total. The number of carbonyl (C=O) groups excluding carboxylic acids is 1. The summed E-state index contributed by atoms with van der Waals surface area (Å²) < 4.78 is 5.45. The number of benzene rings is 1. The molecule has 1 atom stereocenters. The molecular weight excluding hydrogens is 454 g/mol. The third-order valence-corrected chi connectivity index (χ3v) is 6.72. The third-order valence-electron chi connectivity index (χ3n) is 6.72. The SMILES string of the molecule is Nc1ccc(-c2cccc(CN3CCOCC3)c2)nc1C(=O)Nc1cnccc1N1CCC[C@H](N)C1. The van der Waals surface area contributed by atoms with Gasteiger partial charge in [0, 0.05) is 50.5 Å². The Morgan fingerprint density at radius 2 is 2.00 bits per heavy atom. The van der Waals surface area contributed by atoms with Crippen LogP contribution in [0.2, 0.25) is 0 Å². The fraction of sp³-hybridized carbons (Fsp3) is 0.370. The number of anilines is 3. The van der Waals surface area contributed by atoms with Crippen molar-refractivity contribution in [3.8, 4) is 11.3 Å². The van der Waals surface area contributed by atoms with Crippen molar-refractivity contribution in [2.24, 2.45) is 5.73 Å². The predicted molar refractivity (Wildman–Crippen MR) is 142 cm³/mol. The van der Waals surface area contributed by atoms with Gasteiger partial charge in [0.15, 0.2) is 5.69 Å². The van der Waals surface area contributed by atoms with Crippen LogP contribution in [0, 0.1) is 0 Å². The Balaban J connectivity index is 1.35. The number of nitrogens with one attached hydrogen (secondary N) is 1. The van der Waals surface area contributed by atoms with E-state index in [1.807, 2.05) is 24.3 Å². The summed E-state index contributed by atoms with van der Waals surface area (Å²) in [5, 5.41) is 2.98. The van der Waals surface area contributed by atoms with Crippen molar-refractivity contribution in [1.29, 1.82) is 0 Å². The van der Waals surface area contributed by atoms with Gasteiger partial charge in [0.05, 0.1) is 42.2 Å². The lowest BCUT2D eigenvalue weighted by atomic mass is 10.1. The number of piperidine rings is 1. The van der Waals surface area contributed by atoms with E-state index < -0.39 is 0 Å². The first-order valence-corrected chi connectivity index (χ1v) is 12.5. The number of amides is 1. The van der Waals surface area contributed by atoms with E-state index >= 15 is 0 Å². The van der Waals surface area contributed by atoms with Crippen LogP contribution >= 0.6 is 0 Å². The first-order chi connectivity index (χ1) is 17.6. The summed E-state index contributed by atoms with van der Waals surface area (Å²) in [6.45, 7) is 5.86. The number of nitrogen functional groups attached to an aromatic ring is 1. The molecule has 4 heterocycles. The van der Waals surface area contributed by atoms with Gasteiger partial charge >= 0.3 is 0 Å². The summed E-state index contributed by atoms with van der Waals surface area (Å²) in [6.07, 6.45) is 5.40. The summed E-state index contributed by atoms with van der Waals surface area (Å²) in [6, 6.07) is 13.9. The zero-order valence-electron chi connectivity index (χ0n) is 20.4. The number of aromatic nitrogens is 2. The summed E-state index contributed by atoms with van der Waals surface area (Å²) in [5.74, 6) is -0.366. The molecule has 0 aliphatic carbocycles. The summed E-state index contributed by atoms with van der Waals surface area (Å²) in [5.41, 5.74) is 17.2. The Morgan fingerprint density at radius 3 is 2.83 bits per heavy atom. The van der Waals surface area contributed by atoms with Crippen molar-refractivity contribution < 1.29 is 9.53 Å². The molecule has 0 spiro atoms. The van der Waals surface area contributed by atoms with E-state index in [1.165, 1.54) is 5.56 Å². The molecule has 0 saturated carbocycles. The molecule has 188 valence electrons. The van der Waals surface area contributed by atoms with Crippen molar-refractivity contribution >= 4 is 23.0 Å². The third kappa shape index (κ3) is 5.64. The van der Waals surface area contributed by atoms with Crippen LogP contribution in [0.15, 0.2) is 54.9 Å². The molecule has 0 radical (unpaired) electrons. The molecule has 1 aromatic carbocycles. The lowest BCUT2D eigenvalue weighted by Gasteiger charge is -2.33. The van der Waals surface area contributed by atoms with Crippen molar-refractivity contribution in [1.82, 2.24) is 14.9 Å². The minimum atomic E-state index is -0.366. The number of nitrogens with two attached hydrogens (primary N) is 2. The summed E-state index contributed by atoms with van der Waals surface area (Å²) in [7, 11) is 0. The minimum absolute atomic E-state index is 0.114. The Bertz CT molecular complexity index is 1210. The van der Waals surface area contributed by atoms with Gasteiger partial charge in [0.25, 0.3) is 5.91 Å². The van der Waals surface area contributed by atoms with Crippen LogP contribution in [0.5, 0.6) is 0 Å². The Kier molecular flexibility index (Phi) is 7.41. The highest BCUT2D eigenvalue weighted by molar-refractivity contribution is 6.07. The quantitative estimate of drug-likeness (QED) is 0.485. The minimum Gasteiger partial charge on any atom is -0.397 e. The number of carbonyl (C=O) groups is 1. The molecule has 5 N–H and O–H groups in total. The molecule has 1 amide bonds. The summed E-state index contributed by atoms with van der Waals surface area (Å²) in [4.78, 5) is 26.7. The largest absolute Gasteiger partial charge is 0.397 e. The number of pyridine rings is 2. The highest BCUT2D eigenvalue weighted by Gasteiger charge is 2.21. The predicted octanol–water partition coefficient (Wildman–Crippen LogP) is 2.74. The van der Waals surface area contributed by atoms with E-state index in [4.69, 9.17) is 16.2 Å². The molecule has 36 heavy (non-hydrogen) atoms. The number of morpholine rings is 1. The van der Waals surface area contributed by atoms with E-state index in [2.05, 4.69) is 37.2 Å². The monoisotopic (exact) mass is 487 g/mol. The molecule has 2 aromatic heterocycles. The van der Waals surface area contributed by atoms with E-state index in [9.17, 15) is 4.79 Å². The van der Waals surface area contributed by atoms with Gasteiger partial charge < -0.3 is 26.4 Å². The van der Waals surface area contributed by atoms with E-state index in [0.717, 1.165) is 70.0 Å². The average molecular weight is 488 g/mol. The smallest absolute Gasteiger partial charge is 0.276 e. The van der Waals surface area contributed by atoms with E-state index in [-0.39, 0.29) is 17.6 Å². The fourth-order valence-corrected chi connectivity index (χ4v) is 4.83. The molecule has 2 aliphatic heterocycles.